The smallest absolute Gasteiger partial charge is 0.410 e. The Hall–Kier alpha value is -2.89. The number of carbonyl (C=O) groups is 1. The molecule has 1 amide bonds. The molecular weight excluding hydrogens is 462 g/mol. The Kier molecular flexibility index (Phi) is 7.72. The molecule has 4 nitrogen and oxygen atoms in total. The SMILES string of the molecule is CC(C)(C)OC(=O)N1CCc2cc(C(O[SiH](c3ccccc3)c3ccccc3)C(C)(C)C)ccc2C1. The van der Waals surface area contributed by atoms with Gasteiger partial charge in [0, 0.05) is 13.1 Å². The number of ether oxygens (including phenoxy) is 1. The van der Waals surface area contributed by atoms with Crippen LogP contribution >= 0.6 is 0 Å². The highest BCUT2D eigenvalue weighted by Gasteiger charge is 2.33. The third-order valence-corrected chi connectivity index (χ3v) is 8.99. The average Bonchev–Trinajstić information content (AvgIpc) is 2.83. The lowest BCUT2D eigenvalue weighted by atomic mass is 9.83. The molecule has 1 unspecified atom stereocenters. The van der Waals surface area contributed by atoms with E-state index in [9.17, 15) is 4.79 Å². The van der Waals surface area contributed by atoms with Crippen molar-refractivity contribution in [3.8, 4) is 0 Å². The van der Waals surface area contributed by atoms with E-state index in [-0.39, 0.29) is 17.6 Å². The van der Waals surface area contributed by atoms with Gasteiger partial charge < -0.3 is 14.1 Å². The minimum absolute atomic E-state index is 0.0521. The highest BCUT2D eigenvalue weighted by Crippen LogP contribution is 2.38. The summed E-state index contributed by atoms with van der Waals surface area (Å²) in [6, 6.07) is 28.0. The summed E-state index contributed by atoms with van der Waals surface area (Å²) in [5.74, 6) is 0. The highest BCUT2D eigenvalue weighted by atomic mass is 28.3. The van der Waals surface area contributed by atoms with Crippen LogP contribution in [0, 0.1) is 5.41 Å². The van der Waals surface area contributed by atoms with Crippen LogP contribution in [0.15, 0.2) is 78.9 Å². The number of hydrogen-bond acceptors (Lipinski definition) is 3. The molecule has 1 aliphatic heterocycles. The van der Waals surface area contributed by atoms with Gasteiger partial charge in [0.05, 0.1) is 6.10 Å². The molecule has 0 aliphatic carbocycles. The standard InChI is InChI=1S/C31H39NO3Si/c1-30(2,3)28(35-36(26-13-9-7-10-14-26)27-15-11-8-12-16-27)24-17-18-25-22-32(20-19-23(25)21-24)29(33)34-31(4,5)6/h7-18,21,28,36H,19-20,22H2,1-6H3. The first-order chi connectivity index (χ1) is 17.0. The van der Waals surface area contributed by atoms with Gasteiger partial charge in [0.25, 0.3) is 0 Å². The maximum absolute atomic E-state index is 12.6. The van der Waals surface area contributed by atoms with Gasteiger partial charge in [0.15, 0.2) is 0 Å². The predicted molar refractivity (Wildman–Crippen MR) is 149 cm³/mol. The first-order valence-electron chi connectivity index (χ1n) is 12.9. The molecule has 0 radical (unpaired) electrons. The van der Waals surface area contributed by atoms with E-state index in [0.29, 0.717) is 13.1 Å². The van der Waals surface area contributed by atoms with Gasteiger partial charge in [0.1, 0.15) is 5.60 Å². The van der Waals surface area contributed by atoms with Gasteiger partial charge in [-0.05, 0) is 59.7 Å². The van der Waals surface area contributed by atoms with Crippen molar-refractivity contribution < 1.29 is 14.0 Å². The molecular formula is C31H39NO3Si. The summed E-state index contributed by atoms with van der Waals surface area (Å²) in [5, 5.41) is 2.56. The molecule has 0 saturated heterocycles. The van der Waals surface area contributed by atoms with Crippen molar-refractivity contribution in [2.24, 2.45) is 5.41 Å². The van der Waals surface area contributed by atoms with Crippen LogP contribution in [-0.2, 0) is 22.1 Å². The zero-order valence-electron chi connectivity index (χ0n) is 22.5. The molecule has 0 saturated carbocycles. The average molecular weight is 502 g/mol. The molecule has 3 aromatic carbocycles. The van der Waals surface area contributed by atoms with Crippen molar-refractivity contribution in [1.29, 1.82) is 0 Å². The minimum atomic E-state index is -1.92. The number of amides is 1. The van der Waals surface area contributed by atoms with E-state index in [1.54, 1.807) is 4.90 Å². The maximum Gasteiger partial charge on any atom is 0.410 e. The van der Waals surface area contributed by atoms with Crippen molar-refractivity contribution >= 4 is 25.5 Å². The van der Waals surface area contributed by atoms with Gasteiger partial charge in [-0.2, -0.15) is 0 Å². The van der Waals surface area contributed by atoms with E-state index >= 15 is 0 Å². The van der Waals surface area contributed by atoms with Gasteiger partial charge in [-0.15, -0.1) is 0 Å². The number of hydrogen-bond donors (Lipinski definition) is 0. The molecule has 190 valence electrons. The fourth-order valence-electron chi connectivity index (χ4n) is 4.74. The zero-order valence-corrected chi connectivity index (χ0v) is 23.6. The minimum Gasteiger partial charge on any atom is -0.444 e. The largest absolute Gasteiger partial charge is 0.444 e. The first-order valence-corrected chi connectivity index (χ1v) is 14.5. The van der Waals surface area contributed by atoms with E-state index < -0.39 is 14.6 Å². The van der Waals surface area contributed by atoms with E-state index in [1.807, 2.05) is 20.8 Å². The molecule has 4 rings (SSSR count). The van der Waals surface area contributed by atoms with E-state index in [0.717, 1.165) is 6.42 Å². The molecule has 5 heteroatoms. The van der Waals surface area contributed by atoms with Gasteiger partial charge in [-0.25, -0.2) is 4.79 Å². The molecule has 1 atom stereocenters. The molecule has 0 N–H and O–H groups in total. The van der Waals surface area contributed by atoms with Gasteiger partial charge in [-0.1, -0.05) is 99.6 Å². The molecule has 0 spiro atoms. The van der Waals surface area contributed by atoms with Crippen molar-refractivity contribution in [3.05, 3.63) is 95.6 Å². The Balaban J connectivity index is 1.62. The van der Waals surface area contributed by atoms with E-state index in [2.05, 4.69) is 99.6 Å². The summed E-state index contributed by atoms with van der Waals surface area (Å²) >= 11 is 0. The summed E-state index contributed by atoms with van der Waals surface area (Å²) < 4.78 is 12.7. The second-order valence-electron chi connectivity index (χ2n) is 11.8. The molecule has 3 aromatic rings. The molecule has 0 aromatic heterocycles. The highest BCUT2D eigenvalue weighted by molar-refractivity contribution is 6.80. The second kappa shape index (κ2) is 10.6. The van der Waals surface area contributed by atoms with Crippen LogP contribution in [0.25, 0.3) is 0 Å². The quantitative estimate of drug-likeness (QED) is 0.426. The van der Waals surface area contributed by atoms with Crippen LogP contribution in [-0.4, -0.2) is 32.2 Å². The van der Waals surface area contributed by atoms with Crippen LogP contribution in [0.5, 0.6) is 0 Å². The Morgan fingerprint density at radius 1 is 0.833 bits per heavy atom. The molecule has 0 fully saturated rings. The monoisotopic (exact) mass is 501 g/mol. The lowest BCUT2D eigenvalue weighted by Gasteiger charge is -2.36. The topological polar surface area (TPSA) is 38.8 Å². The third kappa shape index (κ3) is 6.45. The van der Waals surface area contributed by atoms with Crippen LogP contribution in [0.3, 0.4) is 0 Å². The summed E-state index contributed by atoms with van der Waals surface area (Å²) in [6.45, 7) is 13.7. The summed E-state index contributed by atoms with van der Waals surface area (Å²) in [5.41, 5.74) is 3.11. The van der Waals surface area contributed by atoms with Crippen molar-refractivity contribution in [1.82, 2.24) is 4.90 Å². The normalized spacial score (nSPS) is 14.9. The van der Waals surface area contributed by atoms with E-state index in [1.165, 1.54) is 27.1 Å². The fraction of sp³-hybridized carbons (Fsp3) is 0.387. The summed E-state index contributed by atoms with van der Waals surface area (Å²) in [6.07, 6.45) is 0.522. The second-order valence-corrected chi connectivity index (χ2v) is 14.1. The lowest BCUT2D eigenvalue weighted by Crippen LogP contribution is -2.47. The van der Waals surface area contributed by atoms with E-state index in [4.69, 9.17) is 9.16 Å². The summed E-state index contributed by atoms with van der Waals surface area (Å²) in [7, 11) is -1.92. The molecule has 1 aliphatic rings. The summed E-state index contributed by atoms with van der Waals surface area (Å²) in [4.78, 5) is 14.4. The van der Waals surface area contributed by atoms with Crippen molar-refractivity contribution in [2.45, 2.75) is 66.2 Å². The number of nitrogens with zero attached hydrogens (tertiary/aromatic N) is 1. The lowest BCUT2D eigenvalue weighted by molar-refractivity contribution is 0.0223. The number of rotatable bonds is 5. The Morgan fingerprint density at radius 3 is 1.94 bits per heavy atom. The van der Waals surface area contributed by atoms with Gasteiger partial charge in [0.2, 0.25) is 9.04 Å². The van der Waals surface area contributed by atoms with Crippen LogP contribution < -0.4 is 10.4 Å². The van der Waals surface area contributed by atoms with Crippen LogP contribution in [0.1, 0.15) is 64.3 Å². The number of benzene rings is 3. The number of fused-ring (bicyclic) bond motifs is 1. The number of carbonyl (C=O) groups excluding carboxylic acids is 1. The van der Waals surface area contributed by atoms with Gasteiger partial charge >= 0.3 is 6.09 Å². The predicted octanol–water partition coefficient (Wildman–Crippen LogP) is 5.62. The molecule has 0 bridgehead atoms. The van der Waals surface area contributed by atoms with Gasteiger partial charge in [-0.3, -0.25) is 0 Å². The van der Waals surface area contributed by atoms with Crippen molar-refractivity contribution in [3.63, 3.8) is 0 Å². The first kappa shape index (κ1) is 26.2. The molecule has 1 heterocycles. The van der Waals surface area contributed by atoms with Crippen LogP contribution in [0.2, 0.25) is 0 Å². The van der Waals surface area contributed by atoms with Crippen LogP contribution in [0.4, 0.5) is 4.79 Å². The third-order valence-electron chi connectivity index (χ3n) is 6.46. The van der Waals surface area contributed by atoms with Crippen molar-refractivity contribution in [2.75, 3.05) is 6.54 Å². The Bertz CT molecular complexity index is 1130. The fourth-order valence-corrected chi connectivity index (χ4v) is 7.42. The maximum atomic E-state index is 12.6. The Morgan fingerprint density at radius 2 is 1.42 bits per heavy atom. The molecule has 36 heavy (non-hydrogen) atoms. The zero-order chi connectivity index (χ0) is 25.9. The Labute approximate surface area is 218 Å².